The normalized spacial score (nSPS) is 12.0. The lowest BCUT2D eigenvalue weighted by Gasteiger charge is -2.35. The first-order valence-corrected chi connectivity index (χ1v) is 8.11. The van der Waals surface area contributed by atoms with Gasteiger partial charge in [0.1, 0.15) is 0 Å². The molecular weight excluding hydrogens is 242 g/mol. The Morgan fingerprint density at radius 2 is 1.45 bits per heavy atom. The molecule has 0 N–H and O–H groups in total. The average molecular weight is 275 g/mol. The Bertz CT molecular complexity index is 390. The van der Waals surface area contributed by atoms with Gasteiger partial charge in [-0.2, -0.15) is 0 Å². The quantitative estimate of drug-likeness (QED) is 0.640. The van der Waals surface area contributed by atoms with Gasteiger partial charge in [-0.25, -0.2) is 0 Å². The smallest absolute Gasteiger partial charge is 0.0374 e. The van der Waals surface area contributed by atoms with Gasteiger partial charge >= 0.3 is 0 Å². The molecule has 1 aromatic carbocycles. The topological polar surface area (TPSA) is 3.24 Å². The van der Waals surface area contributed by atoms with Crippen LogP contribution in [0.3, 0.4) is 0 Å². The SMILES string of the molecule is CCC(CC)N(CCC(C)(C)C)c1cc(C)cc(C)c1. The maximum absolute atomic E-state index is 2.63. The molecular formula is C19H33N. The van der Waals surface area contributed by atoms with E-state index in [0.717, 1.165) is 6.54 Å². The highest BCUT2D eigenvalue weighted by Gasteiger charge is 2.19. The highest BCUT2D eigenvalue weighted by molar-refractivity contribution is 5.51. The van der Waals surface area contributed by atoms with E-state index < -0.39 is 0 Å². The van der Waals surface area contributed by atoms with E-state index in [9.17, 15) is 0 Å². The maximum Gasteiger partial charge on any atom is 0.0374 e. The van der Waals surface area contributed by atoms with E-state index in [-0.39, 0.29) is 0 Å². The second-order valence-corrected chi connectivity index (χ2v) is 7.32. The fraction of sp³-hybridized carbons (Fsp3) is 0.684. The van der Waals surface area contributed by atoms with Gasteiger partial charge in [-0.05, 0) is 61.8 Å². The molecule has 20 heavy (non-hydrogen) atoms. The van der Waals surface area contributed by atoms with Crippen molar-refractivity contribution in [3.05, 3.63) is 29.3 Å². The summed E-state index contributed by atoms with van der Waals surface area (Å²) in [6, 6.07) is 7.60. The molecule has 1 aromatic rings. The first-order valence-electron chi connectivity index (χ1n) is 8.11. The zero-order chi connectivity index (χ0) is 15.3. The van der Waals surface area contributed by atoms with Crippen LogP contribution in [0.5, 0.6) is 0 Å². The number of aryl methyl sites for hydroxylation is 2. The van der Waals surface area contributed by atoms with Crippen LogP contribution in [-0.4, -0.2) is 12.6 Å². The van der Waals surface area contributed by atoms with Gasteiger partial charge in [-0.1, -0.05) is 40.7 Å². The van der Waals surface area contributed by atoms with Gasteiger partial charge in [-0.3, -0.25) is 0 Å². The summed E-state index contributed by atoms with van der Waals surface area (Å²) >= 11 is 0. The summed E-state index contributed by atoms with van der Waals surface area (Å²) < 4.78 is 0. The van der Waals surface area contributed by atoms with Gasteiger partial charge in [0.05, 0.1) is 0 Å². The van der Waals surface area contributed by atoms with E-state index in [4.69, 9.17) is 0 Å². The largest absolute Gasteiger partial charge is 0.369 e. The van der Waals surface area contributed by atoms with Crippen LogP contribution in [-0.2, 0) is 0 Å². The summed E-state index contributed by atoms with van der Waals surface area (Å²) in [4.78, 5) is 2.63. The zero-order valence-corrected chi connectivity index (χ0v) is 14.6. The maximum atomic E-state index is 2.63. The van der Waals surface area contributed by atoms with Crippen LogP contribution in [0.25, 0.3) is 0 Å². The van der Waals surface area contributed by atoms with E-state index in [0.29, 0.717) is 11.5 Å². The fourth-order valence-electron chi connectivity index (χ4n) is 2.82. The Morgan fingerprint density at radius 3 is 1.85 bits per heavy atom. The molecule has 1 rings (SSSR count). The Kier molecular flexibility index (Phi) is 6.10. The van der Waals surface area contributed by atoms with E-state index >= 15 is 0 Å². The molecule has 0 aliphatic rings. The Labute approximate surface area is 126 Å². The molecule has 0 heterocycles. The molecule has 0 atom stereocenters. The minimum Gasteiger partial charge on any atom is -0.369 e. The van der Waals surface area contributed by atoms with Crippen molar-refractivity contribution in [2.75, 3.05) is 11.4 Å². The molecule has 0 spiro atoms. The van der Waals surface area contributed by atoms with Gasteiger partial charge in [-0.15, -0.1) is 0 Å². The van der Waals surface area contributed by atoms with E-state index in [1.54, 1.807) is 0 Å². The zero-order valence-electron chi connectivity index (χ0n) is 14.6. The van der Waals surface area contributed by atoms with Crippen LogP contribution in [0.2, 0.25) is 0 Å². The number of anilines is 1. The highest BCUT2D eigenvalue weighted by Crippen LogP contribution is 2.27. The summed E-state index contributed by atoms with van der Waals surface area (Å²) in [5, 5.41) is 0. The third kappa shape index (κ3) is 5.19. The monoisotopic (exact) mass is 275 g/mol. The van der Waals surface area contributed by atoms with Gasteiger partial charge in [0.15, 0.2) is 0 Å². The molecule has 0 aromatic heterocycles. The molecule has 0 unspecified atom stereocenters. The third-order valence-electron chi connectivity index (χ3n) is 4.02. The molecule has 0 bridgehead atoms. The lowest BCUT2D eigenvalue weighted by molar-refractivity contribution is 0.369. The Morgan fingerprint density at radius 1 is 0.950 bits per heavy atom. The van der Waals surface area contributed by atoms with Crippen molar-refractivity contribution in [1.82, 2.24) is 0 Å². The summed E-state index contributed by atoms with van der Waals surface area (Å²) in [5.74, 6) is 0. The van der Waals surface area contributed by atoms with Gasteiger partial charge in [0.2, 0.25) is 0 Å². The van der Waals surface area contributed by atoms with Gasteiger partial charge in [0, 0.05) is 18.3 Å². The standard InChI is InChI=1S/C19H33N/c1-8-17(9-2)20(11-10-19(5,6)7)18-13-15(3)12-16(4)14-18/h12-14,17H,8-11H2,1-7H3. The van der Waals surface area contributed by atoms with E-state index in [1.165, 1.54) is 36.1 Å². The number of benzene rings is 1. The molecule has 114 valence electrons. The van der Waals surface area contributed by atoms with Crippen molar-refractivity contribution in [3.63, 3.8) is 0 Å². The van der Waals surface area contributed by atoms with Gasteiger partial charge < -0.3 is 4.90 Å². The van der Waals surface area contributed by atoms with E-state index in [1.807, 2.05) is 0 Å². The number of hydrogen-bond donors (Lipinski definition) is 0. The van der Waals surface area contributed by atoms with Crippen LogP contribution < -0.4 is 4.90 Å². The summed E-state index contributed by atoms with van der Waals surface area (Å²) in [6.07, 6.45) is 3.66. The van der Waals surface area contributed by atoms with Crippen LogP contribution in [0.4, 0.5) is 5.69 Å². The molecule has 0 saturated carbocycles. The number of rotatable bonds is 6. The lowest BCUT2D eigenvalue weighted by Crippen LogP contribution is -2.37. The second kappa shape index (κ2) is 7.15. The predicted molar refractivity (Wildman–Crippen MR) is 91.7 cm³/mol. The molecule has 0 aliphatic heterocycles. The van der Waals surface area contributed by atoms with Crippen molar-refractivity contribution < 1.29 is 0 Å². The molecule has 1 nitrogen and oxygen atoms in total. The average Bonchev–Trinajstić information content (AvgIpc) is 2.31. The number of nitrogens with zero attached hydrogens (tertiary/aromatic N) is 1. The minimum absolute atomic E-state index is 0.392. The van der Waals surface area contributed by atoms with Gasteiger partial charge in [0.25, 0.3) is 0 Å². The van der Waals surface area contributed by atoms with Crippen molar-refractivity contribution in [3.8, 4) is 0 Å². The van der Waals surface area contributed by atoms with Crippen LogP contribution in [0.15, 0.2) is 18.2 Å². The minimum atomic E-state index is 0.392. The first-order chi connectivity index (χ1) is 9.26. The molecule has 1 heteroatoms. The van der Waals surface area contributed by atoms with E-state index in [2.05, 4.69) is 71.6 Å². The summed E-state index contributed by atoms with van der Waals surface area (Å²) in [7, 11) is 0. The third-order valence-corrected chi connectivity index (χ3v) is 4.02. The van der Waals surface area contributed by atoms with Crippen LogP contribution in [0, 0.1) is 19.3 Å². The lowest BCUT2D eigenvalue weighted by atomic mass is 9.91. The molecule has 0 amide bonds. The van der Waals surface area contributed by atoms with Crippen molar-refractivity contribution >= 4 is 5.69 Å². The molecule has 0 radical (unpaired) electrons. The predicted octanol–water partition coefficient (Wildman–Crippen LogP) is 5.73. The summed E-state index contributed by atoms with van der Waals surface area (Å²) in [6.45, 7) is 17.2. The fourth-order valence-corrected chi connectivity index (χ4v) is 2.82. The number of hydrogen-bond acceptors (Lipinski definition) is 1. The Hall–Kier alpha value is -0.980. The molecule has 0 aliphatic carbocycles. The first kappa shape index (κ1) is 17.1. The van der Waals surface area contributed by atoms with Crippen LogP contribution >= 0.6 is 0 Å². The Balaban J connectivity index is 3.02. The molecule has 0 saturated heterocycles. The van der Waals surface area contributed by atoms with Crippen molar-refractivity contribution in [1.29, 1.82) is 0 Å². The second-order valence-electron chi connectivity index (χ2n) is 7.32. The van der Waals surface area contributed by atoms with Crippen molar-refractivity contribution in [2.45, 2.75) is 73.8 Å². The summed E-state index contributed by atoms with van der Waals surface area (Å²) in [5.41, 5.74) is 4.53. The molecule has 0 fully saturated rings. The highest BCUT2D eigenvalue weighted by atomic mass is 15.2. The van der Waals surface area contributed by atoms with Crippen molar-refractivity contribution in [2.24, 2.45) is 5.41 Å². The van der Waals surface area contributed by atoms with Crippen LogP contribution in [0.1, 0.15) is 65.0 Å².